The zero-order chi connectivity index (χ0) is 17.3. The van der Waals surface area contributed by atoms with E-state index in [2.05, 4.69) is 5.32 Å². The average molecular weight is 331 g/mol. The lowest BCUT2D eigenvalue weighted by atomic mass is 9.71. The van der Waals surface area contributed by atoms with Crippen LogP contribution < -0.4 is 10.2 Å². The van der Waals surface area contributed by atoms with E-state index in [1.165, 1.54) is 0 Å². The van der Waals surface area contributed by atoms with Crippen molar-refractivity contribution in [3.05, 3.63) is 23.8 Å². The van der Waals surface area contributed by atoms with Crippen LogP contribution >= 0.6 is 0 Å². The van der Waals surface area contributed by atoms with Crippen LogP contribution in [0.4, 0.5) is 16.2 Å². The van der Waals surface area contributed by atoms with Crippen molar-refractivity contribution in [2.75, 3.05) is 37.4 Å². The van der Waals surface area contributed by atoms with Crippen molar-refractivity contribution in [2.24, 2.45) is 5.92 Å². The smallest absolute Gasteiger partial charge is 0.321 e. The van der Waals surface area contributed by atoms with E-state index >= 15 is 0 Å². The van der Waals surface area contributed by atoms with Crippen LogP contribution in [0.1, 0.15) is 37.7 Å². The minimum absolute atomic E-state index is 0.0540. The lowest BCUT2D eigenvalue weighted by Crippen LogP contribution is -2.55. The van der Waals surface area contributed by atoms with Crippen LogP contribution in [0.2, 0.25) is 0 Å². The van der Waals surface area contributed by atoms with Crippen molar-refractivity contribution in [3.63, 3.8) is 0 Å². The number of likely N-dealkylation sites (tertiary alicyclic amines) is 1. The maximum atomic E-state index is 12.7. The zero-order valence-corrected chi connectivity index (χ0v) is 15.0. The summed E-state index contributed by atoms with van der Waals surface area (Å²) in [4.78, 5) is 16.6. The van der Waals surface area contributed by atoms with Gasteiger partial charge in [0.1, 0.15) is 0 Å². The average Bonchev–Trinajstić information content (AvgIpc) is 2.55. The van der Waals surface area contributed by atoms with Crippen molar-refractivity contribution in [1.82, 2.24) is 4.90 Å². The number of carbonyl (C=O) groups excluding carboxylic acids is 1. The molecule has 0 unspecified atom stereocenters. The fourth-order valence-electron chi connectivity index (χ4n) is 4.19. The fraction of sp³-hybridized carbons (Fsp3) is 0.632. The van der Waals surface area contributed by atoms with E-state index < -0.39 is 5.60 Å². The number of rotatable bonds is 2. The molecule has 1 heterocycles. The molecule has 0 aromatic heterocycles. The summed E-state index contributed by atoms with van der Waals surface area (Å²) in [7, 11) is 4.00. The second-order valence-electron chi connectivity index (χ2n) is 7.52. The Morgan fingerprint density at radius 1 is 1.33 bits per heavy atom. The van der Waals surface area contributed by atoms with Gasteiger partial charge < -0.3 is 20.2 Å². The standard InChI is InChI=1S/C19H29N3O2/c1-14-16(8-6-9-17(14)21(2)3)20-18(23)22-12-11-19(24)10-5-4-7-15(19)13-22/h6,8-9,15,24H,4-5,7,10-13H2,1-3H3,(H,20,23)/t15-,19-/m1/s1. The Hall–Kier alpha value is -1.75. The van der Waals surface area contributed by atoms with Gasteiger partial charge in [0, 0.05) is 44.5 Å². The molecule has 24 heavy (non-hydrogen) atoms. The van der Waals surface area contributed by atoms with Crippen LogP contribution in [0.5, 0.6) is 0 Å². The SMILES string of the molecule is Cc1c(NC(=O)N2CC[C@]3(O)CCCC[C@@H]3C2)cccc1N(C)C. The van der Waals surface area contributed by atoms with Gasteiger partial charge >= 0.3 is 6.03 Å². The first-order valence-electron chi connectivity index (χ1n) is 8.96. The molecule has 2 N–H and O–H groups in total. The Balaban J connectivity index is 1.69. The van der Waals surface area contributed by atoms with Crippen LogP contribution in [-0.2, 0) is 0 Å². The topological polar surface area (TPSA) is 55.8 Å². The lowest BCUT2D eigenvalue weighted by molar-refractivity contribution is -0.0863. The summed E-state index contributed by atoms with van der Waals surface area (Å²) in [6, 6.07) is 5.91. The van der Waals surface area contributed by atoms with E-state index in [0.29, 0.717) is 19.5 Å². The molecule has 0 radical (unpaired) electrons. The molecule has 2 fully saturated rings. The van der Waals surface area contributed by atoms with E-state index in [1.807, 2.05) is 49.0 Å². The molecule has 0 bridgehead atoms. The number of nitrogens with zero attached hydrogens (tertiary/aromatic N) is 2. The molecule has 0 spiro atoms. The molecule has 5 heteroatoms. The van der Waals surface area contributed by atoms with Crippen LogP contribution in [0.25, 0.3) is 0 Å². The zero-order valence-electron chi connectivity index (χ0n) is 15.0. The molecule has 3 rings (SSSR count). The van der Waals surface area contributed by atoms with E-state index in [0.717, 1.165) is 42.6 Å². The highest BCUT2D eigenvalue weighted by atomic mass is 16.3. The molecule has 1 aliphatic carbocycles. The number of fused-ring (bicyclic) bond motifs is 1. The molecule has 1 saturated heterocycles. The monoisotopic (exact) mass is 331 g/mol. The number of amides is 2. The van der Waals surface area contributed by atoms with Gasteiger partial charge in [-0.3, -0.25) is 0 Å². The summed E-state index contributed by atoms with van der Waals surface area (Å²) in [6.45, 7) is 3.32. The van der Waals surface area contributed by atoms with Crippen LogP contribution in [0.3, 0.4) is 0 Å². The predicted molar refractivity (Wildman–Crippen MR) is 97.6 cm³/mol. The third kappa shape index (κ3) is 3.22. The summed E-state index contributed by atoms with van der Waals surface area (Å²) in [5.74, 6) is 0.222. The number of carbonyl (C=O) groups is 1. The highest BCUT2D eigenvalue weighted by Gasteiger charge is 2.43. The number of aliphatic hydroxyl groups is 1. The van der Waals surface area contributed by atoms with Crippen LogP contribution in [-0.4, -0.2) is 48.8 Å². The molecule has 5 nitrogen and oxygen atoms in total. The quantitative estimate of drug-likeness (QED) is 0.875. The molecule has 2 atom stereocenters. The molecule has 1 aromatic carbocycles. The first-order chi connectivity index (χ1) is 11.4. The van der Waals surface area contributed by atoms with E-state index in [4.69, 9.17) is 0 Å². The first kappa shape index (κ1) is 17.1. The number of anilines is 2. The number of urea groups is 1. The molecule has 2 amide bonds. The normalized spacial score (nSPS) is 26.7. The molecular weight excluding hydrogens is 302 g/mol. The highest BCUT2D eigenvalue weighted by Crippen LogP contribution is 2.40. The number of piperidine rings is 1. The minimum atomic E-state index is -0.546. The Labute approximate surface area is 144 Å². The molecule has 1 aromatic rings. The van der Waals surface area contributed by atoms with Gasteiger partial charge in [0.25, 0.3) is 0 Å². The summed E-state index contributed by atoms with van der Waals surface area (Å²) in [5, 5.41) is 13.8. The third-order valence-electron chi connectivity index (χ3n) is 5.74. The van der Waals surface area contributed by atoms with Gasteiger partial charge in [-0.05, 0) is 43.9 Å². The fourth-order valence-corrected chi connectivity index (χ4v) is 4.19. The second-order valence-corrected chi connectivity index (χ2v) is 7.52. The third-order valence-corrected chi connectivity index (χ3v) is 5.74. The molecule has 132 valence electrons. The van der Waals surface area contributed by atoms with E-state index in [9.17, 15) is 9.90 Å². The maximum Gasteiger partial charge on any atom is 0.321 e. The summed E-state index contributed by atoms with van der Waals surface area (Å²) < 4.78 is 0. The minimum Gasteiger partial charge on any atom is -0.389 e. The van der Waals surface area contributed by atoms with Crippen LogP contribution in [0, 0.1) is 12.8 Å². The molecular formula is C19H29N3O2. The van der Waals surface area contributed by atoms with E-state index in [1.54, 1.807) is 0 Å². The van der Waals surface area contributed by atoms with Gasteiger partial charge in [0.2, 0.25) is 0 Å². The number of benzene rings is 1. The van der Waals surface area contributed by atoms with Crippen molar-refractivity contribution in [1.29, 1.82) is 0 Å². The summed E-state index contributed by atoms with van der Waals surface area (Å²) in [5.41, 5.74) is 2.49. The maximum absolute atomic E-state index is 12.7. The van der Waals surface area contributed by atoms with E-state index in [-0.39, 0.29) is 11.9 Å². The van der Waals surface area contributed by atoms with Crippen molar-refractivity contribution in [3.8, 4) is 0 Å². The number of hydrogen-bond donors (Lipinski definition) is 2. The highest BCUT2D eigenvalue weighted by molar-refractivity contribution is 5.91. The number of hydrogen-bond acceptors (Lipinski definition) is 3. The van der Waals surface area contributed by atoms with Crippen LogP contribution in [0.15, 0.2) is 18.2 Å². The Bertz CT molecular complexity index is 617. The van der Waals surface area contributed by atoms with Crippen molar-refractivity contribution in [2.45, 2.75) is 44.6 Å². The lowest BCUT2D eigenvalue weighted by Gasteiger charge is -2.47. The second kappa shape index (κ2) is 6.63. The number of nitrogens with one attached hydrogen (secondary N) is 1. The first-order valence-corrected chi connectivity index (χ1v) is 8.96. The van der Waals surface area contributed by atoms with Gasteiger partial charge in [-0.1, -0.05) is 18.9 Å². The Kier molecular flexibility index (Phi) is 4.72. The largest absolute Gasteiger partial charge is 0.389 e. The molecule has 1 aliphatic heterocycles. The summed E-state index contributed by atoms with van der Waals surface area (Å²) in [6.07, 6.45) is 4.87. The Morgan fingerprint density at radius 2 is 2.12 bits per heavy atom. The van der Waals surface area contributed by atoms with Gasteiger partial charge in [-0.25, -0.2) is 4.79 Å². The van der Waals surface area contributed by atoms with Gasteiger partial charge in [0.05, 0.1) is 5.60 Å². The van der Waals surface area contributed by atoms with Gasteiger partial charge in [-0.15, -0.1) is 0 Å². The van der Waals surface area contributed by atoms with Crippen molar-refractivity contribution >= 4 is 17.4 Å². The van der Waals surface area contributed by atoms with Gasteiger partial charge in [-0.2, -0.15) is 0 Å². The predicted octanol–water partition coefficient (Wildman–Crippen LogP) is 3.22. The molecule has 1 saturated carbocycles. The van der Waals surface area contributed by atoms with Crippen molar-refractivity contribution < 1.29 is 9.90 Å². The Morgan fingerprint density at radius 3 is 2.88 bits per heavy atom. The van der Waals surface area contributed by atoms with Gasteiger partial charge in [0.15, 0.2) is 0 Å². The molecule has 2 aliphatic rings. The summed E-state index contributed by atoms with van der Waals surface area (Å²) >= 11 is 0.